The number of aromatic nitrogens is 3. The van der Waals surface area contributed by atoms with Gasteiger partial charge in [-0.3, -0.25) is 4.79 Å². The first-order valence-corrected chi connectivity index (χ1v) is 8.17. The van der Waals surface area contributed by atoms with E-state index in [1.165, 1.54) is 4.68 Å². The van der Waals surface area contributed by atoms with Crippen LogP contribution in [0.15, 0.2) is 18.2 Å². The number of amides is 1. The maximum atomic E-state index is 12.6. The molecule has 1 amide bonds. The van der Waals surface area contributed by atoms with E-state index in [0.29, 0.717) is 34.6 Å². The van der Waals surface area contributed by atoms with Crippen molar-refractivity contribution in [2.45, 2.75) is 25.8 Å². The lowest BCUT2D eigenvalue weighted by Crippen LogP contribution is -2.40. The van der Waals surface area contributed by atoms with E-state index in [9.17, 15) is 4.79 Å². The van der Waals surface area contributed by atoms with Crippen LogP contribution in [0.5, 0.6) is 0 Å². The van der Waals surface area contributed by atoms with Gasteiger partial charge in [0.25, 0.3) is 5.91 Å². The molecule has 0 radical (unpaired) electrons. The Kier molecular flexibility index (Phi) is 6.09. The predicted octanol–water partition coefficient (Wildman–Crippen LogP) is 2.87. The molecule has 1 atom stereocenters. The average Bonchev–Trinajstić information content (AvgIpc) is 3.13. The van der Waals surface area contributed by atoms with Gasteiger partial charge in [-0.05, 0) is 31.9 Å². The van der Waals surface area contributed by atoms with Crippen molar-refractivity contribution in [3.63, 3.8) is 0 Å². The SMILES string of the molecule is Cc1nc(C(=O)N2CCCC2CN)nn1-c1c(Cl)cccc1Cl.Cl. The molecule has 2 N–H and O–H groups in total. The summed E-state index contributed by atoms with van der Waals surface area (Å²) in [5.74, 6) is 0.480. The number of nitrogens with two attached hydrogens (primary N) is 1. The Morgan fingerprint density at radius 2 is 2.04 bits per heavy atom. The summed E-state index contributed by atoms with van der Waals surface area (Å²) in [5, 5.41) is 5.22. The number of halogens is 3. The van der Waals surface area contributed by atoms with E-state index >= 15 is 0 Å². The Morgan fingerprint density at radius 1 is 1.38 bits per heavy atom. The summed E-state index contributed by atoms with van der Waals surface area (Å²) in [4.78, 5) is 18.7. The van der Waals surface area contributed by atoms with Crippen LogP contribution < -0.4 is 5.73 Å². The molecule has 2 aromatic rings. The molecule has 0 saturated carbocycles. The number of aryl methyl sites for hydroxylation is 1. The monoisotopic (exact) mass is 389 g/mol. The summed E-state index contributed by atoms with van der Waals surface area (Å²) < 4.78 is 1.51. The Balaban J connectivity index is 0.00000208. The van der Waals surface area contributed by atoms with Gasteiger partial charge in [0.05, 0.1) is 10.0 Å². The summed E-state index contributed by atoms with van der Waals surface area (Å²) in [6.45, 7) is 2.89. The third-order valence-electron chi connectivity index (χ3n) is 4.02. The lowest BCUT2D eigenvalue weighted by Gasteiger charge is -2.21. The van der Waals surface area contributed by atoms with Crippen molar-refractivity contribution in [2.24, 2.45) is 5.73 Å². The second-order valence-electron chi connectivity index (χ2n) is 5.49. The van der Waals surface area contributed by atoms with Gasteiger partial charge in [0, 0.05) is 19.1 Å². The number of hydrogen-bond acceptors (Lipinski definition) is 4. The van der Waals surface area contributed by atoms with Crippen molar-refractivity contribution in [2.75, 3.05) is 13.1 Å². The lowest BCUT2D eigenvalue weighted by molar-refractivity contribution is 0.0729. The zero-order valence-corrected chi connectivity index (χ0v) is 15.4. The fourth-order valence-electron chi connectivity index (χ4n) is 2.86. The van der Waals surface area contributed by atoms with Crippen molar-refractivity contribution < 1.29 is 4.79 Å². The number of likely N-dealkylation sites (tertiary alicyclic amines) is 1. The molecule has 130 valence electrons. The third kappa shape index (κ3) is 3.37. The third-order valence-corrected chi connectivity index (χ3v) is 4.63. The molecule has 1 unspecified atom stereocenters. The Morgan fingerprint density at radius 3 is 2.67 bits per heavy atom. The first-order chi connectivity index (χ1) is 11.0. The number of benzene rings is 1. The minimum Gasteiger partial charge on any atom is -0.332 e. The average molecular weight is 391 g/mol. The van der Waals surface area contributed by atoms with Gasteiger partial charge in [-0.15, -0.1) is 17.5 Å². The molecule has 1 fully saturated rings. The minimum absolute atomic E-state index is 0. The van der Waals surface area contributed by atoms with Crippen molar-refractivity contribution in [3.05, 3.63) is 39.9 Å². The molecule has 1 aliphatic heterocycles. The van der Waals surface area contributed by atoms with Crippen LogP contribution in [0.2, 0.25) is 10.0 Å². The highest BCUT2D eigenvalue weighted by molar-refractivity contribution is 6.37. The van der Waals surface area contributed by atoms with Gasteiger partial charge >= 0.3 is 0 Å². The van der Waals surface area contributed by atoms with E-state index in [4.69, 9.17) is 28.9 Å². The largest absolute Gasteiger partial charge is 0.332 e. The van der Waals surface area contributed by atoms with Gasteiger partial charge in [-0.25, -0.2) is 9.67 Å². The highest BCUT2D eigenvalue weighted by Crippen LogP contribution is 2.28. The van der Waals surface area contributed by atoms with E-state index in [2.05, 4.69) is 10.1 Å². The van der Waals surface area contributed by atoms with Gasteiger partial charge in [0.15, 0.2) is 0 Å². The smallest absolute Gasteiger partial charge is 0.293 e. The van der Waals surface area contributed by atoms with E-state index in [-0.39, 0.29) is 30.2 Å². The molecule has 6 nitrogen and oxygen atoms in total. The van der Waals surface area contributed by atoms with E-state index < -0.39 is 0 Å². The van der Waals surface area contributed by atoms with Gasteiger partial charge in [-0.2, -0.15) is 0 Å². The number of para-hydroxylation sites is 1. The van der Waals surface area contributed by atoms with Gasteiger partial charge < -0.3 is 10.6 Å². The summed E-state index contributed by atoms with van der Waals surface area (Å²) in [7, 11) is 0. The first kappa shape index (κ1) is 19.0. The zero-order chi connectivity index (χ0) is 16.6. The molecular weight excluding hydrogens is 373 g/mol. The molecule has 9 heteroatoms. The number of rotatable bonds is 3. The molecule has 0 aliphatic carbocycles. The summed E-state index contributed by atoms with van der Waals surface area (Å²) in [6, 6.07) is 5.24. The summed E-state index contributed by atoms with van der Waals surface area (Å²) in [5.41, 5.74) is 6.26. The Labute approximate surface area is 156 Å². The van der Waals surface area contributed by atoms with Crippen LogP contribution in [-0.4, -0.2) is 44.7 Å². The maximum absolute atomic E-state index is 12.6. The topological polar surface area (TPSA) is 77.0 Å². The molecule has 2 heterocycles. The lowest BCUT2D eigenvalue weighted by atomic mass is 10.2. The van der Waals surface area contributed by atoms with Crippen LogP contribution in [0.1, 0.15) is 29.3 Å². The second-order valence-corrected chi connectivity index (χ2v) is 6.31. The van der Waals surface area contributed by atoms with Gasteiger partial charge in [-0.1, -0.05) is 29.3 Å². The highest BCUT2D eigenvalue weighted by Gasteiger charge is 2.31. The minimum atomic E-state index is -0.206. The van der Waals surface area contributed by atoms with E-state index in [0.717, 1.165) is 12.8 Å². The van der Waals surface area contributed by atoms with Gasteiger partial charge in [0.1, 0.15) is 11.5 Å². The maximum Gasteiger partial charge on any atom is 0.293 e. The number of hydrogen-bond donors (Lipinski definition) is 1. The van der Waals surface area contributed by atoms with Crippen LogP contribution in [0.4, 0.5) is 0 Å². The fourth-order valence-corrected chi connectivity index (χ4v) is 3.42. The Bertz CT molecular complexity index is 728. The second kappa shape index (κ2) is 7.70. The molecule has 1 aliphatic rings. The molecule has 1 saturated heterocycles. The highest BCUT2D eigenvalue weighted by atomic mass is 35.5. The van der Waals surface area contributed by atoms with Gasteiger partial charge in [0.2, 0.25) is 5.82 Å². The number of nitrogens with zero attached hydrogens (tertiary/aromatic N) is 4. The predicted molar refractivity (Wildman–Crippen MR) is 96.5 cm³/mol. The number of carbonyl (C=O) groups is 1. The van der Waals surface area contributed by atoms with Crippen LogP contribution in [-0.2, 0) is 0 Å². The van der Waals surface area contributed by atoms with Crippen molar-refractivity contribution in [1.82, 2.24) is 19.7 Å². The normalized spacial score (nSPS) is 17.0. The van der Waals surface area contributed by atoms with Crippen molar-refractivity contribution >= 4 is 41.5 Å². The summed E-state index contributed by atoms with van der Waals surface area (Å²) >= 11 is 12.4. The molecule has 3 rings (SSSR count). The first-order valence-electron chi connectivity index (χ1n) is 7.42. The van der Waals surface area contributed by atoms with E-state index in [1.54, 1.807) is 30.0 Å². The van der Waals surface area contributed by atoms with Crippen molar-refractivity contribution in [3.8, 4) is 5.69 Å². The zero-order valence-electron chi connectivity index (χ0n) is 13.1. The standard InChI is InChI=1S/C15H17Cl2N5O.ClH/c1-9-19-14(15(23)21-7-3-4-10(21)8-18)20-22(9)13-11(16)5-2-6-12(13)17;/h2,5-6,10H,3-4,7-8,18H2,1H3;1H. The molecule has 1 aromatic carbocycles. The molecule has 0 bridgehead atoms. The van der Waals surface area contributed by atoms with Crippen LogP contribution >= 0.6 is 35.6 Å². The quantitative estimate of drug-likeness (QED) is 0.874. The fraction of sp³-hybridized carbons (Fsp3) is 0.400. The van der Waals surface area contributed by atoms with Crippen molar-refractivity contribution in [1.29, 1.82) is 0 Å². The summed E-state index contributed by atoms with van der Waals surface area (Å²) in [6.07, 6.45) is 1.86. The van der Waals surface area contributed by atoms with Crippen LogP contribution in [0.25, 0.3) is 5.69 Å². The Hall–Kier alpha value is -1.34. The molecule has 1 aromatic heterocycles. The molecular formula is C15H18Cl3N5O. The molecule has 0 spiro atoms. The number of carbonyl (C=O) groups excluding carboxylic acids is 1. The molecule has 24 heavy (non-hydrogen) atoms. The van der Waals surface area contributed by atoms with Crippen LogP contribution in [0, 0.1) is 6.92 Å². The van der Waals surface area contributed by atoms with E-state index in [1.807, 2.05) is 0 Å². The van der Waals surface area contributed by atoms with Crippen LogP contribution in [0.3, 0.4) is 0 Å².